The molecule has 12 heavy (non-hydrogen) atoms. The van der Waals surface area contributed by atoms with E-state index in [1.165, 1.54) is 12.1 Å². The summed E-state index contributed by atoms with van der Waals surface area (Å²) in [7, 11) is 0. The van der Waals surface area contributed by atoms with Crippen molar-refractivity contribution in [1.82, 2.24) is 0 Å². The van der Waals surface area contributed by atoms with Gasteiger partial charge in [0.15, 0.2) is 5.17 Å². The zero-order valence-electron chi connectivity index (χ0n) is 5.84. The molecule has 1 aromatic carbocycles. The number of Topliss-reactive ketones (excluding diaryl/α,β-unsaturated/α-hetero) is 1. The van der Waals surface area contributed by atoms with Crippen LogP contribution in [0.1, 0.15) is 10.4 Å². The molecule has 0 unspecified atom stereocenters. The lowest BCUT2D eigenvalue weighted by Crippen LogP contribution is -2.01. The van der Waals surface area contributed by atoms with Crippen LogP contribution in [-0.2, 0) is 0 Å². The highest BCUT2D eigenvalue weighted by Gasteiger charge is 2.22. The molecule has 0 amide bonds. The fourth-order valence-electron chi connectivity index (χ4n) is 1.06. The third-order valence-corrected chi connectivity index (χ3v) is 1.87. The molecule has 1 heterocycles. The van der Waals surface area contributed by atoms with Crippen LogP contribution in [0.3, 0.4) is 0 Å². The molecule has 1 aliphatic heterocycles. The number of fused-ring (bicyclic) bond motifs is 1. The molecular weight excluding hydrogens is 181 g/mol. The lowest BCUT2D eigenvalue weighted by Gasteiger charge is -1.93. The Hall–Kier alpha value is -1.22. The number of benzene rings is 1. The minimum atomic E-state index is -0.455. The van der Waals surface area contributed by atoms with Crippen LogP contribution in [0.5, 0.6) is 0 Å². The number of ketones is 1. The Morgan fingerprint density at radius 1 is 1.42 bits per heavy atom. The number of hydrogen-bond acceptors (Lipinski definition) is 2. The van der Waals surface area contributed by atoms with Gasteiger partial charge >= 0.3 is 0 Å². The molecule has 0 spiro atoms. The Morgan fingerprint density at radius 2 is 2.17 bits per heavy atom. The topological polar surface area (TPSA) is 29.4 Å². The highest BCUT2D eigenvalue weighted by Crippen LogP contribution is 2.27. The molecule has 0 saturated carbocycles. The minimum Gasteiger partial charge on any atom is -0.286 e. The molecule has 0 aliphatic carbocycles. The molecule has 4 heteroatoms. The number of nitrogens with zero attached hydrogens (tertiary/aromatic N) is 1. The standard InChI is InChI=1S/C8H3ClFNO/c9-8-7(12)5-3-4(10)1-2-6(5)11-8/h1-3H. The average molecular weight is 184 g/mol. The quantitative estimate of drug-likeness (QED) is 0.607. The number of carbonyl (C=O) groups is 1. The maximum atomic E-state index is 12.6. The van der Waals surface area contributed by atoms with E-state index >= 15 is 0 Å². The molecule has 0 bridgehead atoms. The summed E-state index contributed by atoms with van der Waals surface area (Å²) in [5.41, 5.74) is 0.673. The molecule has 1 aromatic rings. The van der Waals surface area contributed by atoms with Crippen LogP contribution in [-0.4, -0.2) is 11.0 Å². The zero-order valence-corrected chi connectivity index (χ0v) is 6.60. The minimum absolute atomic E-state index is 0.101. The zero-order chi connectivity index (χ0) is 8.72. The van der Waals surface area contributed by atoms with Gasteiger partial charge in [-0.15, -0.1) is 0 Å². The van der Waals surface area contributed by atoms with Crippen LogP contribution in [0.4, 0.5) is 10.1 Å². The van der Waals surface area contributed by atoms with Gasteiger partial charge in [0.25, 0.3) is 0 Å². The first kappa shape index (κ1) is 7.43. The Balaban J connectivity index is 2.65. The smallest absolute Gasteiger partial charge is 0.225 e. The SMILES string of the molecule is O=C1C(Cl)=Nc2ccc(F)cc21. The number of carbonyl (C=O) groups excluding carboxylic acids is 1. The Morgan fingerprint density at radius 3 is 2.92 bits per heavy atom. The van der Waals surface area contributed by atoms with Crippen LogP contribution < -0.4 is 0 Å². The summed E-state index contributed by atoms with van der Waals surface area (Å²) < 4.78 is 12.6. The van der Waals surface area contributed by atoms with Gasteiger partial charge in [-0.25, -0.2) is 9.38 Å². The first-order chi connectivity index (χ1) is 5.68. The maximum absolute atomic E-state index is 12.6. The molecule has 60 valence electrons. The first-order valence-electron chi connectivity index (χ1n) is 3.27. The van der Waals surface area contributed by atoms with Crippen molar-refractivity contribution in [3.05, 3.63) is 29.6 Å². The summed E-state index contributed by atoms with van der Waals surface area (Å²) in [6.07, 6.45) is 0. The van der Waals surface area contributed by atoms with Gasteiger partial charge < -0.3 is 0 Å². The lowest BCUT2D eigenvalue weighted by atomic mass is 10.1. The van der Waals surface area contributed by atoms with Gasteiger partial charge in [-0.3, -0.25) is 4.79 Å². The molecule has 0 aromatic heterocycles. The number of aliphatic imine (C=N–C) groups is 1. The van der Waals surface area contributed by atoms with Crippen molar-refractivity contribution in [2.45, 2.75) is 0 Å². The summed E-state index contributed by atoms with van der Waals surface area (Å²) in [6.45, 7) is 0. The largest absolute Gasteiger partial charge is 0.286 e. The first-order valence-corrected chi connectivity index (χ1v) is 3.65. The second kappa shape index (κ2) is 2.38. The number of hydrogen-bond donors (Lipinski definition) is 0. The molecule has 0 fully saturated rings. The van der Waals surface area contributed by atoms with E-state index in [4.69, 9.17) is 11.6 Å². The van der Waals surface area contributed by atoms with Crippen LogP contribution in [0.2, 0.25) is 0 Å². The molecule has 1 aliphatic rings. The molecule has 0 atom stereocenters. The third-order valence-electron chi connectivity index (χ3n) is 1.61. The highest BCUT2D eigenvalue weighted by molar-refractivity contribution is 6.86. The van der Waals surface area contributed by atoms with Gasteiger partial charge in [0.05, 0.1) is 11.3 Å². The predicted octanol–water partition coefficient (Wildman–Crippen LogP) is 2.29. The van der Waals surface area contributed by atoms with Crippen molar-refractivity contribution in [3.63, 3.8) is 0 Å². The van der Waals surface area contributed by atoms with Crippen molar-refractivity contribution >= 4 is 28.2 Å². The van der Waals surface area contributed by atoms with Gasteiger partial charge in [0.1, 0.15) is 5.82 Å². The highest BCUT2D eigenvalue weighted by atomic mass is 35.5. The Kier molecular flexibility index (Phi) is 1.48. The van der Waals surface area contributed by atoms with E-state index in [1.54, 1.807) is 0 Å². The van der Waals surface area contributed by atoms with Crippen LogP contribution >= 0.6 is 11.6 Å². The van der Waals surface area contributed by atoms with Gasteiger partial charge in [-0.1, -0.05) is 11.6 Å². The van der Waals surface area contributed by atoms with Crippen molar-refractivity contribution in [2.24, 2.45) is 4.99 Å². The molecule has 0 N–H and O–H groups in total. The van der Waals surface area contributed by atoms with Gasteiger partial charge in [-0.05, 0) is 18.2 Å². The fraction of sp³-hybridized carbons (Fsp3) is 0. The third kappa shape index (κ3) is 0.940. The normalized spacial score (nSPS) is 14.5. The van der Waals surface area contributed by atoms with Crippen LogP contribution in [0, 0.1) is 5.82 Å². The summed E-state index contributed by atoms with van der Waals surface area (Å²) in [5, 5.41) is -0.101. The van der Waals surface area contributed by atoms with Crippen molar-refractivity contribution in [2.75, 3.05) is 0 Å². The lowest BCUT2D eigenvalue weighted by molar-refractivity contribution is 0.107. The summed E-state index contributed by atoms with van der Waals surface area (Å²) >= 11 is 5.46. The van der Waals surface area contributed by atoms with Crippen LogP contribution in [0.15, 0.2) is 23.2 Å². The Labute approximate surface area is 72.7 Å². The molecular formula is C8H3ClFNO. The van der Waals surface area contributed by atoms with E-state index in [1.807, 2.05) is 0 Å². The summed E-state index contributed by atoms with van der Waals surface area (Å²) in [5.74, 6) is -0.866. The monoisotopic (exact) mass is 183 g/mol. The van der Waals surface area contributed by atoms with Crippen molar-refractivity contribution in [3.8, 4) is 0 Å². The van der Waals surface area contributed by atoms with E-state index in [-0.39, 0.29) is 10.7 Å². The van der Waals surface area contributed by atoms with E-state index in [0.29, 0.717) is 5.69 Å². The van der Waals surface area contributed by atoms with E-state index in [9.17, 15) is 9.18 Å². The fourth-order valence-corrected chi connectivity index (χ4v) is 1.25. The van der Waals surface area contributed by atoms with E-state index in [0.717, 1.165) is 6.07 Å². The molecule has 0 saturated heterocycles. The van der Waals surface area contributed by atoms with Crippen molar-refractivity contribution < 1.29 is 9.18 Å². The maximum Gasteiger partial charge on any atom is 0.225 e. The number of rotatable bonds is 0. The average Bonchev–Trinajstić information content (AvgIpc) is 2.31. The summed E-state index contributed by atoms with van der Waals surface area (Å²) in [4.78, 5) is 14.9. The number of halogens is 2. The van der Waals surface area contributed by atoms with Crippen LogP contribution in [0.25, 0.3) is 0 Å². The van der Waals surface area contributed by atoms with Gasteiger partial charge in [0, 0.05) is 0 Å². The summed E-state index contributed by atoms with van der Waals surface area (Å²) in [6, 6.07) is 3.81. The van der Waals surface area contributed by atoms with Gasteiger partial charge in [0.2, 0.25) is 5.78 Å². The molecule has 2 nitrogen and oxygen atoms in total. The van der Waals surface area contributed by atoms with Crippen molar-refractivity contribution in [1.29, 1.82) is 0 Å². The second-order valence-corrected chi connectivity index (χ2v) is 2.75. The molecule has 2 rings (SSSR count). The van der Waals surface area contributed by atoms with Gasteiger partial charge in [-0.2, -0.15) is 0 Å². The molecule has 0 radical (unpaired) electrons. The second-order valence-electron chi connectivity index (χ2n) is 2.39. The Bertz CT molecular complexity index is 400. The predicted molar refractivity (Wildman–Crippen MR) is 43.7 cm³/mol. The van der Waals surface area contributed by atoms with E-state index < -0.39 is 11.6 Å². The van der Waals surface area contributed by atoms with E-state index in [2.05, 4.69) is 4.99 Å².